The third-order valence-corrected chi connectivity index (χ3v) is 3.73. The number of morpholine rings is 1. The van der Waals surface area contributed by atoms with Crippen LogP contribution in [0.3, 0.4) is 0 Å². The molecular weight excluding hydrogens is 276 g/mol. The summed E-state index contributed by atoms with van der Waals surface area (Å²) in [5.41, 5.74) is -0.571. The standard InChI is InChI=1S/C14H26N2O5/c1-5-9(2)11(12(18)19)15-13(20)16-6-10(7-17)21-14(3,4)8-16/h9-11,17H,5-8H2,1-4H3,(H,15,20)(H,18,19)/t9-,10?,11-/m0/s1. The van der Waals surface area contributed by atoms with E-state index in [2.05, 4.69) is 5.32 Å². The predicted octanol–water partition coefficient (Wildman–Crippen LogP) is 0.667. The fourth-order valence-corrected chi connectivity index (χ4v) is 2.45. The second-order valence-corrected chi connectivity index (χ2v) is 6.21. The van der Waals surface area contributed by atoms with E-state index in [4.69, 9.17) is 4.74 Å². The third kappa shape index (κ3) is 4.86. The average Bonchev–Trinajstić information content (AvgIpc) is 2.41. The molecule has 1 unspecified atom stereocenters. The van der Waals surface area contributed by atoms with Crippen LogP contribution in [0.25, 0.3) is 0 Å². The summed E-state index contributed by atoms with van der Waals surface area (Å²) in [6.07, 6.45) is 0.205. The van der Waals surface area contributed by atoms with E-state index in [-0.39, 0.29) is 19.1 Å². The summed E-state index contributed by atoms with van der Waals surface area (Å²) in [5.74, 6) is -1.20. The first-order valence-corrected chi connectivity index (χ1v) is 7.27. The molecule has 0 aromatic rings. The van der Waals surface area contributed by atoms with Crippen LogP contribution in [0.2, 0.25) is 0 Å². The molecule has 3 N–H and O–H groups in total. The number of aliphatic carboxylic acids is 1. The number of nitrogens with zero attached hydrogens (tertiary/aromatic N) is 1. The van der Waals surface area contributed by atoms with Crippen molar-refractivity contribution in [1.29, 1.82) is 0 Å². The lowest BCUT2D eigenvalue weighted by atomic mass is 9.99. The molecular formula is C14H26N2O5. The summed E-state index contributed by atoms with van der Waals surface area (Å²) in [6, 6.07) is -1.35. The highest BCUT2D eigenvalue weighted by molar-refractivity contribution is 5.82. The van der Waals surface area contributed by atoms with Crippen LogP contribution in [0.15, 0.2) is 0 Å². The van der Waals surface area contributed by atoms with Gasteiger partial charge in [0, 0.05) is 0 Å². The summed E-state index contributed by atoms with van der Waals surface area (Å²) < 4.78 is 5.64. The van der Waals surface area contributed by atoms with E-state index in [0.717, 1.165) is 0 Å². The molecule has 0 aromatic carbocycles. The highest BCUT2D eigenvalue weighted by atomic mass is 16.5. The number of urea groups is 1. The smallest absolute Gasteiger partial charge is 0.326 e. The zero-order valence-corrected chi connectivity index (χ0v) is 13.1. The number of hydrogen-bond donors (Lipinski definition) is 3. The number of carboxylic acid groups (broad SMARTS) is 1. The molecule has 0 aromatic heterocycles. The SMILES string of the molecule is CC[C@H](C)[C@H](NC(=O)N1CC(CO)OC(C)(C)C1)C(=O)O. The number of carbonyl (C=O) groups is 2. The van der Waals surface area contributed by atoms with Crippen molar-refractivity contribution in [2.75, 3.05) is 19.7 Å². The van der Waals surface area contributed by atoms with Gasteiger partial charge in [-0.3, -0.25) is 0 Å². The van der Waals surface area contributed by atoms with Gasteiger partial charge in [0.15, 0.2) is 0 Å². The number of nitrogens with one attached hydrogen (secondary N) is 1. The fourth-order valence-electron chi connectivity index (χ4n) is 2.45. The van der Waals surface area contributed by atoms with E-state index < -0.39 is 29.7 Å². The quantitative estimate of drug-likeness (QED) is 0.693. The van der Waals surface area contributed by atoms with Crippen molar-refractivity contribution in [2.45, 2.75) is 51.9 Å². The summed E-state index contributed by atoms with van der Waals surface area (Å²) >= 11 is 0. The molecule has 1 heterocycles. The minimum absolute atomic E-state index is 0.158. The molecule has 122 valence electrons. The molecule has 3 atom stereocenters. The van der Waals surface area contributed by atoms with Gasteiger partial charge in [-0.05, 0) is 19.8 Å². The number of ether oxygens (including phenoxy) is 1. The van der Waals surface area contributed by atoms with E-state index in [1.165, 1.54) is 4.90 Å². The Balaban J connectivity index is 2.75. The first-order valence-electron chi connectivity index (χ1n) is 7.27. The van der Waals surface area contributed by atoms with Crippen molar-refractivity contribution in [2.24, 2.45) is 5.92 Å². The Morgan fingerprint density at radius 2 is 2.10 bits per heavy atom. The summed E-state index contributed by atoms with van der Waals surface area (Å²) in [7, 11) is 0. The molecule has 0 radical (unpaired) electrons. The lowest BCUT2D eigenvalue weighted by Gasteiger charge is -2.42. The Labute approximate surface area is 125 Å². The maximum Gasteiger partial charge on any atom is 0.326 e. The van der Waals surface area contributed by atoms with Crippen molar-refractivity contribution in [3.8, 4) is 0 Å². The van der Waals surface area contributed by atoms with Crippen LogP contribution >= 0.6 is 0 Å². The Kier molecular flexibility index (Phi) is 5.98. The van der Waals surface area contributed by atoms with Crippen molar-refractivity contribution >= 4 is 12.0 Å². The number of aliphatic hydroxyl groups is 1. The maximum absolute atomic E-state index is 12.3. The second kappa shape index (κ2) is 7.09. The molecule has 0 saturated carbocycles. The Hall–Kier alpha value is -1.34. The number of rotatable bonds is 5. The van der Waals surface area contributed by atoms with Gasteiger partial charge in [0.1, 0.15) is 6.04 Å². The van der Waals surface area contributed by atoms with Gasteiger partial charge in [-0.2, -0.15) is 0 Å². The fraction of sp³-hybridized carbons (Fsp3) is 0.857. The summed E-state index contributed by atoms with van der Waals surface area (Å²) in [5, 5.41) is 21.0. The maximum atomic E-state index is 12.3. The molecule has 2 amide bonds. The van der Waals surface area contributed by atoms with Gasteiger partial charge in [0.25, 0.3) is 0 Å². The van der Waals surface area contributed by atoms with Crippen LogP contribution in [-0.4, -0.2) is 64.6 Å². The Bertz CT molecular complexity index is 386. The zero-order chi connectivity index (χ0) is 16.2. The number of carboxylic acids is 1. The molecule has 7 heteroatoms. The molecule has 7 nitrogen and oxygen atoms in total. The summed E-state index contributed by atoms with van der Waals surface area (Å²) in [6.45, 7) is 7.75. The van der Waals surface area contributed by atoms with E-state index in [9.17, 15) is 19.8 Å². The van der Waals surface area contributed by atoms with Crippen molar-refractivity contribution in [3.63, 3.8) is 0 Å². The molecule has 1 fully saturated rings. The molecule has 1 rings (SSSR count). The molecule has 1 aliphatic rings. The molecule has 0 spiro atoms. The lowest BCUT2D eigenvalue weighted by molar-refractivity contribution is -0.142. The first-order chi connectivity index (χ1) is 9.70. The number of amides is 2. The van der Waals surface area contributed by atoms with Crippen LogP contribution in [0.5, 0.6) is 0 Å². The van der Waals surface area contributed by atoms with E-state index in [0.29, 0.717) is 13.0 Å². The molecule has 21 heavy (non-hydrogen) atoms. The first kappa shape index (κ1) is 17.7. The van der Waals surface area contributed by atoms with Crippen LogP contribution < -0.4 is 5.32 Å². The third-order valence-electron chi connectivity index (χ3n) is 3.73. The number of hydrogen-bond acceptors (Lipinski definition) is 4. The van der Waals surface area contributed by atoms with E-state index in [1.807, 2.05) is 20.8 Å². The van der Waals surface area contributed by atoms with Crippen molar-refractivity contribution < 1.29 is 24.5 Å². The number of aliphatic hydroxyl groups excluding tert-OH is 1. The van der Waals surface area contributed by atoms with E-state index in [1.54, 1.807) is 6.92 Å². The van der Waals surface area contributed by atoms with Gasteiger partial charge in [-0.25, -0.2) is 9.59 Å². The Morgan fingerprint density at radius 3 is 2.57 bits per heavy atom. The average molecular weight is 302 g/mol. The molecule has 1 saturated heterocycles. The second-order valence-electron chi connectivity index (χ2n) is 6.21. The molecule has 0 aliphatic carbocycles. The van der Waals surface area contributed by atoms with Crippen LogP contribution in [-0.2, 0) is 9.53 Å². The van der Waals surface area contributed by atoms with Gasteiger partial charge >= 0.3 is 12.0 Å². The van der Waals surface area contributed by atoms with Gasteiger partial charge in [0.2, 0.25) is 0 Å². The van der Waals surface area contributed by atoms with Crippen LogP contribution in [0, 0.1) is 5.92 Å². The van der Waals surface area contributed by atoms with Gasteiger partial charge in [0.05, 0.1) is 31.4 Å². The van der Waals surface area contributed by atoms with Gasteiger partial charge < -0.3 is 25.2 Å². The zero-order valence-electron chi connectivity index (χ0n) is 13.1. The predicted molar refractivity (Wildman–Crippen MR) is 77.0 cm³/mol. The largest absolute Gasteiger partial charge is 0.480 e. The molecule has 1 aliphatic heterocycles. The minimum atomic E-state index is -1.04. The minimum Gasteiger partial charge on any atom is -0.480 e. The Morgan fingerprint density at radius 1 is 1.48 bits per heavy atom. The highest BCUT2D eigenvalue weighted by Gasteiger charge is 2.37. The summed E-state index contributed by atoms with van der Waals surface area (Å²) in [4.78, 5) is 25.1. The van der Waals surface area contributed by atoms with Crippen molar-refractivity contribution in [1.82, 2.24) is 10.2 Å². The van der Waals surface area contributed by atoms with Gasteiger partial charge in [-0.15, -0.1) is 0 Å². The number of carbonyl (C=O) groups excluding carboxylic acids is 1. The molecule has 0 bridgehead atoms. The topological polar surface area (TPSA) is 99.1 Å². The van der Waals surface area contributed by atoms with Gasteiger partial charge in [-0.1, -0.05) is 20.3 Å². The van der Waals surface area contributed by atoms with Crippen molar-refractivity contribution in [3.05, 3.63) is 0 Å². The highest BCUT2D eigenvalue weighted by Crippen LogP contribution is 2.21. The van der Waals surface area contributed by atoms with Crippen LogP contribution in [0.4, 0.5) is 4.79 Å². The van der Waals surface area contributed by atoms with E-state index >= 15 is 0 Å². The normalized spacial score (nSPS) is 24.2. The lowest BCUT2D eigenvalue weighted by Crippen LogP contribution is -2.60. The monoisotopic (exact) mass is 302 g/mol. The van der Waals surface area contributed by atoms with Crippen LogP contribution in [0.1, 0.15) is 34.1 Å².